The Hall–Kier alpha value is -0.856. The summed E-state index contributed by atoms with van der Waals surface area (Å²) in [5.41, 5.74) is 1.87. The predicted octanol–water partition coefficient (Wildman–Crippen LogP) is 2.58. The Bertz CT molecular complexity index is 553. The Balaban J connectivity index is 0.000000853. The van der Waals surface area contributed by atoms with Crippen LogP contribution in [0.25, 0.3) is 21.8 Å². The van der Waals surface area contributed by atoms with E-state index in [-0.39, 0.29) is 32.7 Å². The number of rotatable bonds is 0. The summed E-state index contributed by atoms with van der Waals surface area (Å²) in [4.78, 5) is 8.55. The molecule has 0 aliphatic rings. The van der Waals surface area contributed by atoms with E-state index in [1.54, 1.807) is 6.20 Å². The molecule has 15 heavy (non-hydrogen) atoms. The van der Waals surface area contributed by atoms with Crippen molar-refractivity contribution in [2.45, 2.75) is 0 Å². The maximum atomic E-state index is 4.33. The summed E-state index contributed by atoms with van der Waals surface area (Å²) in [6, 6.07) is 11.9. The minimum absolute atomic E-state index is 0. The molecule has 0 aliphatic heterocycles. The second-order valence-electron chi connectivity index (χ2n) is 3.15. The predicted molar refractivity (Wildman–Crippen MR) is 55.9 cm³/mol. The van der Waals surface area contributed by atoms with E-state index in [0.29, 0.717) is 0 Å². The maximum Gasteiger partial charge on any atom is 0.0405 e. The molecule has 2 aromatic heterocycles. The minimum atomic E-state index is 0. The number of fused-ring (bicyclic) bond motifs is 3. The van der Waals surface area contributed by atoms with E-state index in [0.717, 1.165) is 21.8 Å². The fourth-order valence-electron chi connectivity index (χ4n) is 1.63. The molecule has 3 heteroatoms. The normalized spacial score (nSPS) is 10.1. The molecule has 2 heterocycles. The van der Waals surface area contributed by atoms with Gasteiger partial charge in [-0.15, -0.1) is 5.39 Å². The van der Waals surface area contributed by atoms with Gasteiger partial charge < -0.3 is 4.98 Å². The van der Waals surface area contributed by atoms with Gasteiger partial charge in [0.25, 0.3) is 0 Å². The van der Waals surface area contributed by atoms with Gasteiger partial charge in [-0.25, -0.2) is 0 Å². The first-order chi connectivity index (χ1) is 6.95. The fourth-order valence-corrected chi connectivity index (χ4v) is 1.63. The van der Waals surface area contributed by atoms with Gasteiger partial charge in [0.1, 0.15) is 0 Å². The molecule has 0 amide bonds. The molecule has 0 bridgehead atoms. The smallest absolute Gasteiger partial charge is 0.0405 e. The quantitative estimate of drug-likeness (QED) is 0.462. The zero-order valence-corrected chi connectivity index (χ0v) is 10.9. The van der Waals surface area contributed by atoms with Gasteiger partial charge in [0.05, 0.1) is 0 Å². The van der Waals surface area contributed by atoms with Crippen LogP contribution >= 0.6 is 0 Å². The third kappa shape index (κ3) is 1.80. The second kappa shape index (κ2) is 4.34. The molecule has 1 radical (unpaired) electrons. The van der Waals surface area contributed by atoms with Crippen LogP contribution in [-0.4, -0.2) is 9.97 Å². The zero-order valence-electron chi connectivity index (χ0n) is 8.01. The monoisotopic (exact) mass is 268 g/mol. The molecular formula is C12H7N2Y-. The summed E-state index contributed by atoms with van der Waals surface area (Å²) in [6.45, 7) is 0. The van der Waals surface area contributed by atoms with E-state index in [9.17, 15) is 0 Å². The Kier molecular flexibility index (Phi) is 3.08. The van der Waals surface area contributed by atoms with Crippen LogP contribution in [0.15, 0.2) is 42.6 Å². The Labute approximate surface area is 113 Å². The first-order valence-electron chi connectivity index (χ1n) is 4.46. The zero-order chi connectivity index (χ0) is 9.38. The van der Waals surface area contributed by atoms with Gasteiger partial charge in [-0.1, -0.05) is 24.4 Å². The molecule has 0 N–H and O–H groups in total. The van der Waals surface area contributed by atoms with Crippen molar-refractivity contribution in [1.29, 1.82) is 0 Å². The van der Waals surface area contributed by atoms with Crippen molar-refractivity contribution >= 4 is 21.8 Å². The van der Waals surface area contributed by atoms with E-state index in [4.69, 9.17) is 0 Å². The molecule has 3 aromatic rings. The van der Waals surface area contributed by atoms with E-state index in [1.807, 2.05) is 24.3 Å². The standard InChI is InChI=1S/C12H7N2.Y/c1-3-9-5-6-10-4-2-8-14-12(10)11(9)13-7-1;/h1-7H;/q-1;. The summed E-state index contributed by atoms with van der Waals surface area (Å²) in [6.07, 6.45) is 4.63. The summed E-state index contributed by atoms with van der Waals surface area (Å²) in [7, 11) is 0. The van der Waals surface area contributed by atoms with Gasteiger partial charge in [-0.05, 0) is 17.0 Å². The van der Waals surface area contributed by atoms with E-state index < -0.39 is 0 Å². The van der Waals surface area contributed by atoms with E-state index >= 15 is 0 Å². The first-order valence-corrected chi connectivity index (χ1v) is 4.46. The van der Waals surface area contributed by atoms with Gasteiger partial charge >= 0.3 is 0 Å². The van der Waals surface area contributed by atoms with Crippen LogP contribution < -0.4 is 0 Å². The molecule has 0 atom stereocenters. The van der Waals surface area contributed by atoms with E-state index in [2.05, 4.69) is 28.3 Å². The molecule has 0 unspecified atom stereocenters. The third-order valence-corrected chi connectivity index (χ3v) is 2.29. The summed E-state index contributed by atoms with van der Waals surface area (Å²) >= 11 is 0. The van der Waals surface area contributed by atoms with Crippen molar-refractivity contribution in [3.63, 3.8) is 0 Å². The summed E-state index contributed by atoms with van der Waals surface area (Å²) in [5, 5.41) is 2.22. The maximum absolute atomic E-state index is 4.33. The topological polar surface area (TPSA) is 25.8 Å². The largest absolute Gasteiger partial charge is 0.384 e. The summed E-state index contributed by atoms with van der Waals surface area (Å²) < 4.78 is 0. The Morgan fingerprint density at radius 2 is 1.73 bits per heavy atom. The van der Waals surface area contributed by atoms with Crippen LogP contribution in [0.3, 0.4) is 0 Å². The molecule has 2 nitrogen and oxygen atoms in total. The van der Waals surface area contributed by atoms with Crippen molar-refractivity contribution in [3.05, 3.63) is 48.8 Å². The molecule has 0 saturated heterocycles. The first kappa shape index (κ1) is 10.7. The van der Waals surface area contributed by atoms with Crippen molar-refractivity contribution in [3.8, 4) is 0 Å². The number of nitrogens with zero attached hydrogens (tertiary/aromatic N) is 2. The van der Waals surface area contributed by atoms with Crippen LogP contribution in [0, 0.1) is 6.20 Å². The number of hydrogen-bond donors (Lipinski definition) is 0. The van der Waals surface area contributed by atoms with Crippen molar-refractivity contribution in [2.75, 3.05) is 0 Å². The average Bonchev–Trinajstić information content (AvgIpc) is 2.29. The van der Waals surface area contributed by atoms with Gasteiger partial charge in [-0.2, -0.15) is 12.1 Å². The Morgan fingerprint density at radius 1 is 0.933 bits per heavy atom. The van der Waals surface area contributed by atoms with Crippen LogP contribution in [0.2, 0.25) is 0 Å². The second-order valence-corrected chi connectivity index (χ2v) is 3.15. The van der Waals surface area contributed by atoms with Crippen molar-refractivity contribution in [1.82, 2.24) is 9.97 Å². The molecule has 3 rings (SSSR count). The van der Waals surface area contributed by atoms with Crippen molar-refractivity contribution in [2.24, 2.45) is 0 Å². The van der Waals surface area contributed by atoms with Crippen LogP contribution in [-0.2, 0) is 32.7 Å². The summed E-state index contributed by atoms with van der Waals surface area (Å²) in [5.74, 6) is 0. The molecule has 0 aliphatic carbocycles. The average molecular weight is 268 g/mol. The number of aromatic nitrogens is 2. The number of benzene rings is 1. The molecular weight excluding hydrogens is 261 g/mol. The number of pyridine rings is 2. The molecule has 0 saturated carbocycles. The van der Waals surface area contributed by atoms with Gasteiger partial charge in [0.15, 0.2) is 0 Å². The fraction of sp³-hybridized carbons (Fsp3) is 0. The van der Waals surface area contributed by atoms with Crippen LogP contribution in [0.1, 0.15) is 0 Å². The van der Waals surface area contributed by atoms with Crippen molar-refractivity contribution < 1.29 is 32.7 Å². The Morgan fingerprint density at radius 3 is 2.60 bits per heavy atom. The van der Waals surface area contributed by atoms with E-state index in [1.165, 1.54) is 0 Å². The molecule has 0 fully saturated rings. The molecule has 1 aromatic carbocycles. The van der Waals surface area contributed by atoms with Gasteiger partial charge in [0.2, 0.25) is 0 Å². The third-order valence-electron chi connectivity index (χ3n) is 2.29. The molecule has 69 valence electrons. The van der Waals surface area contributed by atoms with Gasteiger partial charge in [0, 0.05) is 44.4 Å². The van der Waals surface area contributed by atoms with Crippen LogP contribution in [0.4, 0.5) is 0 Å². The van der Waals surface area contributed by atoms with Crippen LogP contribution in [0.5, 0.6) is 0 Å². The molecule has 0 spiro atoms. The number of hydrogen-bond acceptors (Lipinski definition) is 2. The SMILES string of the molecule is [Y].[c-]1ccc2ccc3cccnc3c2n1. The van der Waals surface area contributed by atoms with Gasteiger partial charge in [-0.3, -0.25) is 4.98 Å². The minimum Gasteiger partial charge on any atom is -0.384 e.